The van der Waals surface area contributed by atoms with Crippen molar-refractivity contribution in [3.63, 3.8) is 0 Å². The van der Waals surface area contributed by atoms with Crippen LogP contribution < -0.4 is 9.50 Å². The van der Waals surface area contributed by atoms with Crippen molar-refractivity contribution in [2.24, 2.45) is 0 Å². The molecule has 2 aromatic rings. The third-order valence-corrected chi connectivity index (χ3v) is 5.42. The molecular weight excluding hydrogens is 362 g/mol. The number of hydrogen-bond acceptors (Lipinski definition) is 6. The summed E-state index contributed by atoms with van der Waals surface area (Å²) in [4.78, 5) is 23.1. The molecule has 1 heterocycles. The summed E-state index contributed by atoms with van der Waals surface area (Å²) in [6.07, 6.45) is 1.42. The molecule has 0 saturated carbocycles. The van der Waals surface area contributed by atoms with Crippen molar-refractivity contribution >= 4 is 39.1 Å². The lowest BCUT2D eigenvalue weighted by Gasteiger charge is -2.10. The minimum atomic E-state index is -4.01. The van der Waals surface area contributed by atoms with Gasteiger partial charge in [0.25, 0.3) is 11.1 Å². The summed E-state index contributed by atoms with van der Waals surface area (Å²) in [6, 6.07) is 12.7. The van der Waals surface area contributed by atoms with Gasteiger partial charge in [0.15, 0.2) is 0 Å². The number of amides is 2. The molecular formula is C17H13NO5S2. The third kappa shape index (κ3) is 3.92. The van der Waals surface area contributed by atoms with E-state index in [1.807, 2.05) is 6.92 Å². The van der Waals surface area contributed by atoms with E-state index in [1.54, 1.807) is 30.3 Å². The molecule has 6 nitrogen and oxygen atoms in total. The summed E-state index contributed by atoms with van der Waals surface area (Å²) in [5.74, 6) is -0.450. The standard InChI is InChI=1S/C17H13NO5S2/c1-11-6-8-13(9-7-11)25(21,22)23-14-5-3-2-4-12(14)10-15-16(19)18-17(20)24-15/h2-10H,1H3,(H,18,19,20). The average molecular weight is 375 g/mol. The van der Waals surface area contributed by atoms with Gasteiger partial charge in [0, 0.05) is 5.56 Å². The Balaban J connectivity index is 1.94. The number of nitrogens with one attached hydrogen (secondary N) is 1. The maximum Gasteiger partial charge on any atom is 0.339 e. The van der Waals surface area contributed by atoms with Crippen LogP contribution in [-0.2, 0) is 14.9 Å². The van der Waals surface area contributed by atoms with Crippen molar-refractivity contribution < 1.29 is 22.2 Å². The highest BCUT2D eigenvalue weighted by Gasteiger charge is 2.26. The van der Waals surface area contributed by atoms with E-state index in [4.69, 9.17) is 4.18 Å². The predicted octanol–water partition coefficient (Wildman–Crippen LogP) is 3.09. The Bertz CT molecular complexity index is 978. The van der Waals surface area contributed by atoms with Gasteiger partial charge in [-0.3, -0.25) is 14.9 Å². The zero-order valence-corrected chi connectivity index (χ0v) is 14.7. The topological polar surface area (TPSA) is 89.5 Å². The van der Waals surface area contributed by atoms with Crippen molar-refractivity contribution in [3.05, 3.63) is 64.6 Å². The van der Waals surface area contributed by atoms with Crippen molar-refractivity contribution in [2.75, 3.05) is 0 Å². The number of para-hydroxylation sites is 1. The summed E-state index contributed by atoms with van der Waals surface area (Å²) >= 11 is 0.750. The Morgan fingerprint density at radius 3 is 2.36 bits per heavy atom. The quantitative estimate of drug-likeness (QED) is 0.652. The Morgan fingerprint density at radius 2 is 1.72 bits per heavy atom. The number of hydrogen-bond donors (Lipinski definition) is 1. The minimum Gasteiger partial charge on any atom is -0.378 e. The number of rotatable bonds is 4. The SMILES string of the molecule is Cc1ccc(S(=O)(=O)Oc2ccccc2C=C2SC(=O)NC2=O)cc1. The van der Waals surface area contributed by atoms with E-state index in [0.717, 1.165) is 17.3 Å². The monoisotopic (exact) mass is 375 g/mol. The molecule has 1 aliphatic rings. The normalized spacial score (nSPS) is 16.1. The lowest BCUT2D eigenvalue weighted by molar-refractivity contribution is -0.115. The van der Waals surface area contributed by atoms with Crippen molar-refractivity contribution in [1.82, 2.24) is 5.32 Å². The fraction of sp³-hybridized carbons (Fsp3) is 0.0588. The van der Waals surface area contributed by atoms with Crippen LogP contribution in [0.25, 0.3) is 6.08 Å². The molecule has 0 aromatic heterocycles. The van der Waals surface area contributed by atoms with Crippen LogP contribution in [0, 0.1) is 6.92 Å². The molecule has 0 bridgehead atoms. The molecule has 2 aromatic carbocycles. The van der Waals surface area contributed by atoms with E-state index >= 15 is 0 Å². The lowest BCUT2D eigenvalue weighted by Crippen LogP contribution is -2.17. The van der Waals surface area contributed by atoms with Crippen LogP contribution in [0.15, 0.2) is 58.3 Å². The maximum absolute atomic E-state index is 12.4. The second-order valence-electron chi connectivity index (χ2n) is 5.24. The highest BCUT2D eigenvalue weighted by molar-refractivity contribution is 8.18. The molecule has 1 aliphatic heterocycles. The molecule has 128 valence electrons. The zero-order valence-electron chi connectivity index (χ0n) is 13.1. The van der Waals surface area contributed by atoms with E-state index in [1.165, 1.54) is 24.3 Å². The van der Waals surface area contributed by atoms with Crippen LogP contribution in [-0.4, -0.2) is 19.6 Å². The molecule has 0 unspecified atom stereocenters. The lowest BCUT2D eigenvalue weighted by atomic mass is 10.2. The molecule has 8 heteroatoms. The Labute approximate surface area is 149 Å². The van der Waals surface area contributed by atoms with Gasteiger partial charge in [0.05, 0.1) is 4.91 Å². The summed E-state index contributed by atoms with van der Waals surface area (Å²) in [5, 5.41) is 1.67. The second kappa shape index (κ2) is 6.73. The Kier molecular flexibility index (Phi) is 4.65. The van der Waals surface area contributed by atoms with Gasteiger partial charge in [-0.2, -0.15) is 8.42 Å². The predicted molar refractivity (Wildman–Crippen MR) is 94.5 cm³/mol. The molecule has 0 atom stereocenters. The summed E-state index contributed by atoms with van der Waals surface area (Å²) in [6.45, 7) is 1.85. The molecule has 0 aliphatic carbocycles. The number of carbonyl (C=O) groups excluding carboxylic acids is 2. The van der Waals surface area contributed by atoms with Gasteiger partial charge in [-0.05, 0) is 43.0 Å². The first-order valence-electron chi connectivity index (χ1n) is 7.20. The van der Waals surface area contributed by atoms with E-state index in [9.17, 15) is 18.0 Å². The van der Waals surface area contributed by atoms with Gasteiger partial charge in [-0.15, -0.1) is 0 Å². The fourth-order valence-electron chi connectivity index (χ4n) is 2.11. The van der Waals surface area contributed by atoms with E-state index in [-0.39, 0.29) is 15.6 Å². The third-order valence-electron chi connectivity index (χ3n) is 3.36. The molecule has 1 N–H and O–H groups in total. The number of aryl methyl sites for hydroxylation is 1. The largest absolute Gasteiger partial charge is 0.378 e. The highest BCUT2D eigenvalue weighted by atomic mass is 32.2. The molecule has 0 radical (unpaired) electrons. The van der Waals surface area contributed by atoms with E-state index in [0.29, 0.717) is 5.56 Å². The van der Waals surface area contributed by atoms with Crippen molar-refractivity contribution in [3.8, 4) is 5.75 Å². The number of benzene rings is 2. The van der Waals surface area contributed by atoms with Gasteiger partial charge in [-0.25, -0.2) is 0 Å². The fourth-order valence-corrected chi connectivity index (χ4v) is 3.74. The molecule has 0 spiro atoms. The average Bonchev–Trinajstić information content (AvgIpc) is 2.87. The van der Waals surface area contributed by atoms with E-state index < -0.39 is 21.3 Å². The van der Waals surface area contributed by atoms with Crippen LogP contribution in [0.4, 0.5) is 4.79 Å². The van der Waals surface area contributed by atoms with Gasteiger partial charge in [0.1, 0.15) is 10.6 Å². The smallest absolute Gasteiger partial charge is 0.339 e. The summed E-state index contributed by atoms with van der Waals surface area (Å²) < 4.78 is 30.1. The first-order valence-corrected chi connectivity index (χ1v) is 9.43. The first kappa shape index (κ1) is 17.2. The maximum atomic E-state index is 12.4. The second-order valence-corrected chi connectivity index (χ2v) is 7.80. The van der Waals surface area contributed by atoms with Crippen LogP contribution in [0.1, 0.15) is 11.1 Å². The summed E-state index contributed by atoms with van der Waals surface area (Å²) in [5.41, 5.74) is 1.31. The van der Waals surface area contributed by atoms with Gasteiger partial charge >= 0.3 is 10.1 Å². The summed E-state index contributed by atoms with van der Waals surface area (Å²) in [7, 11) is -4.01. The van der Waals surface area contributed by atoms with Crippen LogP contribution >= 0.6 is 11.8 Å². The Morgan fingerprint density at radius 1 is 1.04 bits per heavy atom. The van der Waals surface area contributed by atoms with E-state index in [2.05, 4.69) is 5.32 Å². The van der Waals surface area contributed by atoms with Crippen molar-refractivity contribution in [1.29, 1.82) is 0 Å². The molecule has 1 saturated heterocycles. The zero-order chi connectivity index (χ0) is 18.0. The van der Waals surface area contributed by atoms with Gasteiger partial charge < -0.3 is 4.18 Å². The van der Waals surface area contributed by atoms with Crippen LogP contribution in [0.5, 0.6) is 5.75 Å². The number of imide groups is 1. The molecule has 3 rings (SSSR count). The minimum absolute atomic E-state index is 0.0312. The molecule has 1 fully saturated rings. The molecule has 2 amide bonds. The Hall–Kier alpha value is -2.58. The van der Waals surface area contributed by atoms with Crippen LogP contribution in [0.2, 0.25) is 0 Å². The molecule has 25 heavy (non-hydrogen) atoms. The van der Waals surface area contributed by atoms with Crippen LogP contribution in [0.3, 0.4) is 0 Å². The number of thioether (sulfide) groups is 1. The van der Waals surface area contributed by atoms with Gasteiger partial charge in [-0.1, -0.05) is 35.9 Å². The number of carbonyl (C=O) groups is 2. The van der Waals surface area contributed by atoms with Crippen molar-refractivity contribution in [2.45, 2.75) is 11.8 Å². The van der Waals surface area contributed by atoms with Gasteiger partial charge in [0.2, 0.25) is 0 Å². The first-order chi connectivity index (χ1) is 11.8. The highest BCUT2D eigenvalue weighted by Crippen LogP contribution is 2.30.